The van der Waals surface area contributed by atoms with Gasteiger partial charge >= 0.3 is 0 Å². The van der Waals surface area contributed by atoms with Crippen LogP contribution in [0.3, 0.4) is 0 Å². The van der Waals surface area contributed by atoms with Crippen LogP contribution in [0.4, 0.5) is 5.69 Å². The van der Waals surface area contributed by atoms with Gasteiger partial charge in [-0.2, -0.15) is 0 Å². The summed E-state index contributed by atoms with van der Waals surface area (Å²) in [6.45, 7) is 1.99. The van der Waals surface area contributed by atoms with E-state index in [9.17, 15) is 4.79 Å². The van der Waals surface area contributed by atoms with E-state index in [1.54, 1.807) is 11.3 Å². The summed E-state index contributed by atoms with van der Waals surface area (Å²) in [5, 5.41) is 3.06. The van der Waals surface area contributed by atoms with Gasteiger partial charge in [0.15, 0.2) is 0 Å². The molecule has 0 saturated carbocycles. The number of aryl methyl sites for hydroxylation is 2. The van der Waals surface area contributed by atoms with Crippen molar-refractivity contribution in [3.8, 4) is 0 Å². The molecule has 21 heavy (non-hydrogen) atoms. The molecular weight excluding hydrogens is 280 g/mol. The Morgan fingerprint density at radius 2 is 2.10 bits per heavy atom. The second kappa shape index (κ2) is 5.90. The van der Waals surface area contributed by atoms with Crippen molar-refractivity contribution >= 4 is 22.9 Å². The fraction of sp³-hybridized carbons (Fsp3) is 0.353. The topological polar surface area (TPSA) is 55.1 Å². The molecule has 0 bridgehead atoms. The highest BCUT2D eigenvalue weighted by Crippen LogP contribution is 2.30. The Hall–Kier alpha value is -1.81. The first-order chi connectivity index (χ1) is 10.1. The van der Waals surface area contributed by atoms with E-state index in [4.69, 9.17) is 5.73 Å². The third-order valence-corrected chi connectivity index (χ3v) is 5.21. The van der Waals surface area contributed by atoms with E-state index < -0.39 is 0 Å². The number of thiophene rings is 1. The van der Waals surface area contributed by atoms with Gasteiger partial charge in [-0.25, -0.2) is 0 Å². The number of nitrogens with one attached hydrogen (secondary N) is 1. The highest BCUT2D eigenvalue weighted by molar-refractivity contribution is 7.14. The number of amides is 1. The van der Waals surface area contributed by atoms with Crippen molar-refractivity contribution in [1.29, 1.82) is 0 Å². The van der Waals surface area contributed by atoms with Crippen LogP contribution >= 0.6 is 11.3 Å². The zero-order valence-electron chi connectivity index (χ0n) is 12.2. The van der Waals surface area contributed by atoms with E-state index in [1.807, 2.05) is 31.2 Å². The first-order valence-corrected chi connectivity index (χ1v) is 8.23. The van der Waals surface area contributed by atoms with Crippen LogP contribution < -0.4 is 11.1 Å². The van der Waals surface area contributed by atoms with Gasteiger partial charge in [0.2, 0.25) is 0 Å². The Labute approximate surface area is 129 Å². The van der Waals surface area contributed by atoms with Crippen molar-refractivity contribution in [2.75, 3.05) is 5.73 Å². The molecule has 1 aliphatic carbocycles. The van der Waals surface area contributed by atoms with Crippen LogP contribution in [-0.2, 0) is 12.8 Å². The van der Waals surface area contributed by atoms with Crippen LogP contribution in [-0.4, -0.2) is 5.91 Å². The summed E-state index contributed by atoms with van der Waals surface area (Å²) in [5.74, 6) is 0.0179. The highest BCUT2D eigenvalue weighted by atomic mass is 32.1. The maximum atomic E-state index is 12.4. The quantitative estimate of drug-likeness (QED) is 0.849. The average molecular weight is 300 g/mol. The van der Waals surface area contributed by atoms with Gasteiger partial charge in [0.05, 0.1) is 10.9 Å². The lowest BCUT2D eigenvalue weighted by molar-refractivity contribution is 0.0944. The van der Waals surface area contributed by atoms with Crippen molar-refractivity contribution in [1.82, 2.24) is 5.32 Å². The molecule has 1 unspecified atom stereocenters. The molecule has 0 radical (unpaired) electrons. The van der Waals surface area contributed by atoms with Gasteiger partial charge in [-0.05, 0) is 61.9 Å². The van der Waals surface area contributed by atoms with Gasteiger partial charge in [0, 0.05) is 10.6 Å². The number of nitrogens with two attached hydrogens (primary N) is 1. The predicted octanol–water partition coefficient (Wildman–Crippen LogP) is 3.70. The predicted molar refractivity (Wildman–Crippen MR) is 87.7 cm³/mol. The van der Waals surface area contributed by atoms with E-state index in [-0.39, 0.29) is 11.9 Å². The second-order valence-electron chi connectivity index (χ2n) is 5.63. The fourth-order valence-corrected chi connectivity index (χ4v) is 3.94. The van der Waals surface area contributed by atoms with Gasteiger partial charge in [-0.1, -0.05) is 12.1 Å². The van der Waals surface area contributed by atoms with Gasteiger partial charge < -0.3 is 11.1 Å². The highest BCUT2D eigenvalue weighted by Gasteiger charge is 2.18. The summed E-state index contributed by atoms with van der Waals surface area (Å²) in [6.07, 6.45) is 4.72. The van der Waals surface area contributed by atoms with E-state index in [1.165, 1.54) is 23.3 Å². The summed E-state index contributed by atoms with van der Waals surface area (Å²) in [7, 11) is 0. The SMILES string of the molecule is CC(NC(=O)c1cc2c(s1)CCCC2)c1cccc(N)c1. The van der Waals surface area contributed by atoms with Crippen molar-refractivity contribution in [2.24, 2.45) is 0 Å². The lowest BCUT2D eigenvalue weighted by Gasteiger charge is -2.14. The summed E-state index contributed by atoms with van der Waals surface area (Å²) in [4.78, 5) is 14.6. The molecule has 1 amide bonds. The molecule has 1 atom stereocenters. The van der Waals surface area contributed by atoms with Crippen LogP contribution in [0.25, 0.3) is 0 Å². The third-order valence-electron chi connectivity index (χ3n) is 3.98. The molecule has 1 aromatic heterocycles. The molecule has 3 rings (SSSR count). The number of fused-ring (bicyclic) bond motifs is 1. The number of nitrogen functional groups attached to an aromatic ring is 1. The molecule has 1 aliphatic rings. The number of carbonyl (C=O) groups is 1. The van der Waals surface area contributed by atoms with Crippen LogP contribution in [0.15, 0.2) is 30.3 Å². The molecule has 0 fully saturated rings. The Bertz CT molecular complexity index is 639. The molecule has 3 N–H and O–H groups in total. The van der Waals surface area contributed by atoms with Crippen molar-refractivity contribution < 1.29 is 4.79 Å². The standard InChI is InChI=1S/C17H20N2OS/c1-11(12-6-4-7-14(18)9-12)19-17(20)16-10-13-5-2-3-8-15(13)21-16/h4,6-7,9-11H,2-3,5,8,18H2,1H3,(H,19,20). The lowest BCUT2D eigenvalue weighted by atomic mass is 9.99. The molecule has 0 spiro atoms. The van der Waals surface area contributed by atoms with Gasteiger partial charge in [-0.3, -0.25) is 4.79 Å². The number of rotatable bonds is 3. The van der Waals surface area contributed by atoms with Crippen LogP contribution in [0.2, 0.25) is 0 Å². The van der Waals surface area contributed by atoms with Crippen LogP contribution in [0.5, 0.6) is 0 Å². The third kappa shape index (κ3) is 3.10. The summed E-state index contributed by atoms with van der Waals surface area (Å²) in [6, 6.07) is 9.69. The summed E-state index contributed by atoms with van der Waals surface area (Å²) >= 11 is 1.65. The Balaban J connectivity index is 1.72. The molecule has 3 nitrogen and oxygen atoms in total. The van der Waals surface area contributed by atoms with E-state index in [0.29, 0.717) is 0 Å². The smallest absolute Gasteiger partial charge is 0.261 e. The number of hydrogen-bond donors (Lipinski definition) is 2. The summed E-state index contributed by atoms with van der Waals surface area (Å²) < 4.78 is 0. The molecule has 110 valence electrons. The van der Waals surface area contributed by atoms with Crippen LogP contribution in [0.1, 0.15) is 51.5 Å². The molecule has 0 saturated heterocycles. The minimum atomic E-state index is -0.0415. The van der Waals surface area contributed by atoms with Gasteiger partial charge in [0.25, 0.3) is 5.91 Å². The average Bonchev–Trinajstić information content (AvgIpc) is 2.91. The second-order valence-corrected chi connectivity index (χ2v) is 6.77. The molecular formula is C17H20N2OS. The monoisotopic (exact) mass is 300 g/mol. The first-order valence-electron chi connectivity index (χ1n) is 7.41. The largest absolute Gasteiger partial charge is 0.399 e. The lowest BCUT2D eigenvalue weighted by Crippen LogP contribution is -2.25. The minimum absolute atomic E-state index is 0.0179. The molecule has 1 heterocycles. The Kier molecular flexibility index (Phi) is 3.97. The maximum absolute atomic E-state index is 12.4. The van der Waals surface area contributed by atoms with E-state index >= 15 is 0 Å². The van der Waals surface area contributed by atoms with E-state index in [0.717, 1.165) is 29.0 Å². The maximum Gasteiger partial charge on any atom is 0.261 e. The molecule has 0 aliphatic heterocycles. The number of benzene rings is 1. The zero-order valence-corrected chi connectivity index (χ0v) is 13.0. The number of anilines is 1. The molecule has 1 aromatic carbocycles. The summed E-state index contributed by atoms with van der Waals surface area (Å²) in [5.41, 5.74) is 8.92. The zero-order chi connectivity index (χ0) is 14.8. The first kappa shape index (κ1) is 14.1. The Morgan fingerprint density at radius 1 is 1.29 bits per heavy atom. The normalized spacial score (nSPS) is 15.3. The number of hydrogen-bond acceptors (Lipinski definition) is 3. The van der Waals surface area contributed by atoms with Crippen molar-refractivity contribution in [3.05, 3.63) is 51.2 Å². The Morgan fingerprint density at radius 3 is 2.86 bits per heavy atom. The van der Waals surface area contributed by atoms with Crippen LogP contribution in [0, 0.1) is 0 Å². The fourth-order valence-electron chi connectivity index (χ4n) is 2.78. The molecule has 2 aromatic rings. The number of carbonyl (C=O) groups excluding carboxylic acids is 1. The van der Waals surface area contributed by atoms with Crippen molar-refractivity contribution in [2.45, 2.75) is 38.6 Å². The van der Waals surface area contributed by atoms with Crippen molar-refractivity contribution in [3.63, 3.8) is 0 Å². The van der Waals surface area contributed by atoms with Gasteiger partial charge in [-0.15, -0.1) is 11.3 Å². The molecule has 4 heteroatoms. The van der Waals surface area contributed by atoms with Gasteiger partial charge in [0.1, 0.15) is 0 Å². The van der Waals surface area contributed by atoms with E-state index in [2.05, 4.69) is 11.4 Å². The minimum Gasteiger partial charge on any atom is -0.399 e.